The maximum Gasteiger partial charge on any atom is 0.141 e. The van der Waals surface area contributed by atoms with Crippen molar-refractivity contribution in [2.75, 3.05) is 0 Å². The molecule has 0 aliphatic heterocycles. The minimum Gasteiger partial charge on any atom is -0.506 e. The third-order valence-corrected chi connectivity index (χ3v) is 4.99. The maximum absolute atomic E-state index is 14.2. The van der Waals surface area contributed by atoms with Crippen molar-refractivity contribution in [3.63, 3.8) is 0 Å². The van der Waals surface area contributed by atoms with Crippen molar-refractivity contribution in [3.05, 3.63) is 92.7 Å². The number of nitrogens with one attached hydrogen (secondary N) is 1. The molecule has 1 unspecified atom stereocenters. The number of aliphatic hydroxyl groups is 2. The molecule has 3 rings (SSSR count). The Morgan fingerprint density at radius 1 is 1.15 bits per heavy atom. The minimum absolute atomic E-state index is 0.0281. The van der Waals surface area contributed by atoms with Crippen LogP contribution in [0.1, 0.15) is 22.1 Å². The van der Waals surface area contributed by atoms with Gasteiger partial charge in [0.2, 0.25) is 0 Å². The second-order valence-corrected chi connectivity index (χ2v) is 7.12. The van der Waals surface area contributed by atoms with E-state index < -0.39 is 11.9 Å². The minimum atomic E-state index is -1.36. The van der Waals surface area contributed by atoms with Crippen LogP contribution in [0.4, 0.5) is 4.39 Å². The summed E-state index contributed by atoms with van der Waals surface area (Å²) >= 11 is 7.02. The first-order valence-corrected chi connectivity index (χ1v) is 8.79. The van der Waals surface area contributed by atoms with Crippen LogP contribution in [0.2, 0.25) is 4.34 Å². The van der Waals surface area contributed by atoms with Gasteiger partial charge >= 0.3 is 0 Å². The predicted molar refractivity (Wildman–Crippen MR) is 101 cm³/mol. The Kier molecular flexibility index (Phi) is 5.46. The van der Waals surface area contributed by atoms with E-state index in [9.17, 15) is 14.6 Å². The number of nitrogens with zero attached hydrogens (tertiary/aromatic N) is 1. The molecule has 2 aromatic heterocycles. The topological polar surface area (TPSA) is 77.2 Å². The number of pyridine rings is 1. The Balaban J connectivity index is 2.16. The number of halogens is 2. The van der Waals surface area contributed by atoms with Crippen LogP contribution in [0.25, 0.3) is 5.76 Å². The summed E-state index contributed by atoms with van der Waals surface area (Å²) < 4.78 is 14.6. The Hall–Kier alpha value is -2.54. The molecule has 0 radical (unpaired) electrons. The van der Waals surface area contributed by atoms with E-state index in [-0.39, 0.29) is 22.6 Å². The van der Waals surface area contributed by atoms with E-state index in [1.807, 2.05) is 0 Å². The second kappa shape index (κ2) is 7.78. The molecular weight excluding hydrogens is 375 g/mol. The van der Waals surface area contributed by atoms with Gasteiger partial charge in [-0.15, -0.1) is 11.3 Å². The number of hydrogen-bond acceptors (Lipinski definition) is 5. The zero-order chi connectivity index (χ0) is 18.7. The Labute approximate surface area is 158 Å². The summed E-state index contributed by atoms with van der Waals surface area (Å²) in [5, 5.41) is 30.0. The van der Waals surface area contributed by atoms with Crippen molar-refractivity contribution in [1.82, 2.24) is 4.98 Å². The lowest BCUT2D eigenvalue weighted by Gasteiger charge is -2.18. The molecular formula is C19H14ClFN2O2S. The lowest BCUT2D eigenvalue weighted by molar-refractivity contribution is 0.219. The fourth-order valence-electron chi connectivity index (χ4n) is 2.47. The summed E-state index contributed by atoms with van der Waals surface area (Å²) in [5.74, 6) is -0.947. The van der Waals surface area contributed by atoms with Crippen molar-refractivity contribution in [1.29, 1.82) is 5.41 Å². The molecule has 3 N–H and O–H groups in total. The van der Waals surface area contributed by atoms with E-state index in [0.717, 1.165) is 11.3 Å². The molecule has 26 heavy (non-hydrogen) atoms. The van der Waals surface area contributed by atoms with Gasteiger partial charge in [0, 0.05) is 23.5 Å². The number of rotatable bonds is 5. The van der Waals surface area contributed by atoms with Crippen molar-refractivity contribution >= 4 is 34.4 Å². The van der Waals surface area contributed by atoms with Crippen LogP contribution in [0.3, 0.4) is 0 Å². The first-order chi connectivity index (χ1) is 12.5. The Morgan fingerprint density at radius 2 is 1.92 bits per heavy atom. The standard InChI is InChI=1S/C19H14ClFN2O2S/c20-15-8-7-14(26-15)19(25)16(18(24)11-4-3-9-23-10-11)17(22)12-5-1-2-6-13(12)21/h1-10,18,22,24-25H/b19-16+,22-17?. The first-order valence-electron chi connectivity index (χ1n) is 7.59. The molecule has 0 spiro atoms. The molecule has 0 saturated heterocycles. The van der Waals surface area contributed by atoms with Crippen molar-refractivity contribution < 1.29 is 14.6 Å². The van der Waals surface area contributed by atoms with Crippen LogP contribution >= 0.6 is 22.9 Å². The first kappa shape index (κ1) is 18.3. The number of thiophene rings is 1. The molecule has 4 nitrogen and oxygen atoms in total. The van der Waals surface area contributed by atoms with Gasteiger partial charge in [-0.25, -0.2) is 4.39 Å². The van der Waals surface area contributed by atoms with E-state index in [1.54, 1.807) is 36.5 Å². The van der Waals surface area contributed by atoms with Crippen LogP contribution in [0.15, 0.2) is 66.5 Å². The van der Waals surface area contributed by atoms with Crippen LogP contribution in [0, 0.1) is 11.2 Å². The number of aliphatic hydroxyl groups excluding tert-OH is 2. The zero-order valence-corrected chi connectivity index (χ0v) is 14.9. The largest absolute Gasteiger partial charge is 0.506 e. The highest BCUT2D eigenvalue weighted by Gasteiger charge is 2.26. The van der Waals surface area contributed by atoms with E-state index in [0.29, 0.717) is 14.8 Å². The van der Waals surface area contributed by atoms with Gasteiger partial charge in [0.25, 0.3) is 0 Å². The molecule has 3 aromatic rings. The molecule has 0 aliphatic rings. The van der Waals surface area contributed by atoms with Gasteiger partial charge < -0.3 is 10.2 Å². The molecule has 0 saturated carbocycles. The summed E-state index contributed by atoms with van der Waals surface area (Å²) in [4.78, 5) is 4.32. The third kappa shape index (κ3) is 3.67. The average molecular weight is 389 g/mol. The van der Waals surface area contributed by atoms with Gasteiger partial charge in [-0.1, -0.05) is 29.8 Å². The van der Waals surface area contributed by atoms with Gasteiger partial charge in [0.05, 0.1) is 20.5 Å². The fourth-order valence-corrected chi connectivity index (χ4v) is 3.47. The third-order valence-electron chi connectivity index (χ3n) is 3.75. The van der Waals surface area contributed by atoms with Gasteiger partial charge in [-0.05, 0) is 30.3 Å². The Bertz CT molecular complexity index is 972. The molecule has 0 bridgehead atoms. The second-order valence-electron chi connectivity index (χ2n) is 5.41. The molecule has 7 heteroatoms. The normalized spacial score (nSPS) is 13.2. The predicted octanol–water partition coefficient (Wildman–Crippen LogP) is 5.01. The van der Waals surface area contributed by atoms with E-state index in [4.69, 9.17) is 17.0 Å². The summed E-state index contributed by atoms with van der Waals surface area (Å²) in [6.45, 7) is 0. The fraction of sp³-hybridized carbons (Fsp3) is 0.0526. The van der Waals surface area contributed by atoms with Crippen LogP contribution in [-0.4, -0.2) is 20.9 Å². The molecule has 1 atom stereocenters. The van der Waals surface area contributed by atoms with Gasteiger partial charge in [-0.2, -0.15) is 0 Å². The summed E-state index contributed by atoms with van der Waals surface area (Å²) in [5.41, 5.74) is -0.0967. The average Bonchev–Trinajstić information content (AvgIpc) is 3.09. The monoisotopic (exact) mass is 388 g/mol. The van der Waals surface area contributed by atoms with Crippen molar-refractivity contribution in [3.8, 4) is 0 Å². The number of benzene rings is 1. The van der Waals surface area contributed by atoms with Crippen LogP contribution in [0.5, 0.6) is 0 Å². The van der Waals surface area contributed by atoms with Gasteiger partial charge in [0.1, 0.15) is 17.7 Å². The van der Waals surface area contributed by atoms with Crippen LogP contribution < -0.4 is 0 Å². The molecule has 132 valence electrons. The van der Waals surface area contributed by atoms with E-state index >= 15 is 0 Å². The molecule has 0 aliphatic carbocycles. The highest BCUT2D eigenvalue weighted by Crippen LogP contribution is 2.34. The van der Waals surface area contributed by atoms with Gasteiger partial charge in [0.15, 0.2) is 0 Å². The maximum atomic E-state index is 14.2. The molecule has 1 aromatic carbocycles. The summed E-state index contributed by atoms with van der Waals surface area (Å²) in [6.07, 6.45) is 1.60. The van der Waals surface area contributed by atoms with E-state index in [1.165, 1.54) is 24.4 Å². The Morgan fingerprint density at radius 3 is 2.54 bits per heavy atom. The molecule has 0 fully saturated rings. The van der Waals surface area contributed by atoms with Crippen molar-refractivity contribution in [2.45, 2.75) is 6.10 Å². The lowest BCUT2D eigenvalue weighted by Crippen LogP contribution is -2.16. The number of hydrogen-bond donors (Lipinski definition) is 3. The highest BCUT2D eigenvalue weighted by molar-refractivity contribution is 7.17. The number of aromatic nitrogens is 1. The summed E-state index contributed by atoms with van der Waals surface area (Å²) in [6, 6.07) is 12.1. The SMILES string of the molecule is N=C(/C(=C(\O)c1ccc(Cl)s1)C(O)c1cccnc1)c1ccccc1F. The lowest BCUT2D eigenvalue weighted by atomic mass is 9.92. The van der Waals surface area contributed by atoms with Gasteiger partial charge in [-0.3, -0.25) is 10.4 Å². The van der Waals surface area contributed by atoms with Crippen LogP contribution in [-0.2, 0) is 0 Å². The highest BCUT2D eigenvalue weighted by atomic mass is 35.5. The van der Waals surface area contributed by atoms with E-state index in [2.05, 4.69) is 4.98 Å². The van der Waals surface area contributed by atoms with Crippen molar-refractivity contribution in [2.24, 2.45) is 0 Å². The quantitative estimate of drug-likeness (QED) is 0.425. The zero-order valence-electron chi connectivity index (χ0n) is 13.4. The smallest absolute Gasteiger partial charge is 0.141 e. The molecule has 0 amide bonds. The summed E-state index contributed by atoms with van der Waals surface area (Å²) in [7, 11) is 0. The molecule has 2 heterocycles.